The predicted octanol–water partition coefficient (Wildman–Crippen LogP) is 1.22. The molecule has 0 saturated carbocycles. The van der Waals surface area contributed by atoms with Crippen molar-refractivity contribution < 1.29 is 23.1 Å². The summed E-state index contributed by atoms with van der Waals surface area (Å²) in [7, 11) is -3.42. The Labute approximate surface area is 153 Å². The van der Waals surface area contributed by atoms with Gasteiger partial charge < -0.3 is 10.4 Å². The van der Waals surface area contributed by atoms with Crippen molar-refractivity contribution in [3.63, 3.8) is 0 Å². The van der Waals surface area contributed by atoms with Gasteiger partial charge >= 0.3 is 5.97 Å². The van der Waals surface area contributed by atoms with E-state index in [1.165, 1.54) is 29.2 Å². The highest BCUT2D eigenvalue weighted by molar-refractivity contribution is 7.90. The van der Waals surface area contributed by atoms with Crippen molar-refractivity contribution in [2.24, 2.45) is 0 Å². The summed E-state index contributed by atoms with van der Waals surface area (Å²) in [5.41, 5.74) is 2.29. The number of hydrogen-bond donors (Lipinski definition) is 2. The second-order valence-electron chi connectivity index (χ2n) is 6.35. The monoisotopic (exact) mass is 386 g/mol. The Hall–Kier alpha value is -3.27. The quantitative estimate of drug-likeness (QED) is 0.692. The molecule has 4 rings (SSSR count). The van der Waals surface area contributed by atoms with Crippen LogP contribution >= 0.6 is 0 Å². The van der Waals surface area contributed by atoms with Gasteiger partial charge in [0.15, 0.2) is 9.84 Å². The fraction of sp³-hybridized carbons (Fsp3) is 0.176. The van der Waals surface area contributed by atoms with E-state index in [2.05, 4.69) is 15.4 Å². The molecule has 0 radical (unpaired) electrons. The van der Waals surface area contributed by atoms with Crippen LogP contribution in [0, 0.1) is 6.92 Å². The number of carbonyl (C=O) groups is 2. The Morgan fingerprint density at radius 2 is 2.07 bits per heavy atom. The van der Waals surface area contributed by atoms with Crippen LogP contribution in [-0.2, 0) is 14.6 Å². The van der Waals surface area contributed by atoms with Crippen LogP contribution in [0.2, 0.25) is 0 Å². The Balaban J connectivity index is 1.94. The van der Waals surface area contributed by atoms with Gasteiger partial charge in [-0.15, -0.1) is 0 Å². The van der Waals surface area contributed by atoms with E-state index in [1.54, 1.807) is 13.0 Å². The minimum Gasteiger partial charge on any atom is -0.478 e. The van der Waals surface area contributed by atoms with Crippen molar-refractivity contribution in [3.05, 3.63) is 53.1 Å². The van der Waals surface area contributed by atoms with Gasteiger partial charge in [-0.1, -0.05) is 6.07 Å². The first-order valence-corrected chi connectivity index (χ1v) is 9.78. The molecule has 2 aromatic heterocycles. The topological polar surface area (TPSA) is 131 Å². The van der Waals surface area contributed by atoms with E-state index < -0.39 is 21.7 Å². The minimum atomic E-state index is -3.42. The van der Waals surface area contributed by atoms with Gasteiger partial charge in [-0.05, 0) is 30.2 Å². The van der Waals surface area contributed by atoms with E-state index in [4.69, 9.17) is 0 Å². The van der Waals surface area contributed by atoms with Crippen molar-refractivity contribution in [3.8, 4) is 0 Å². The molecule has 1 aliphatic heterocycles. The lowest BCUT2D eigenvalue weighted by atomic mass is 9.95. The molecule has 0 bridgehead atoms. The highest BCUT2D eigenvalue weighted by Gasteiger charge is 2.36. The average Bonchev–Trinajstić information content (AvgIpc) is 3.10. The van der Waals surface area contributed by atoms with Crippen LogP contribution in [0.1, 0.15) is 33.1 Å². The van der Waals surface area contributed by atoms with Gasteiger partial charge in [0.05, 0.1) is 21.7 Å². The minimum absolute atomic E-state index is 0.0720. The van der Waals surface area contributed by atoms with E-state index in [-0.39, 0.29) is 16.4 Å². The van der Waals surface area contributed by atoms with Crippen LogP contribution < -0.4 is 5.32 Å². The number of hydrogen-bond acceptors (Lipinski definition) is 6. The molecule has 9 nitrogen and oxygen atoms in total. The molecule has 1 atom stereocenters. The number of aromatic nitrogens is 3. The van der Waals surface area contributed by atoms with Crippen molar-refractivity contribution in [1.82, 2.24) is 14.6 Å². The zero-order valence-corrected chi connectivity index (χ0v) is 15.1. The summed E-state index contributed by atoms with van der Waals surface area (Å²) in [4.78, 5) is 28.4. The maximum absolute atomic E-state index is 12.6. The molecule has 10 heteroatoms. The first-order chi connectivity index (χ1) is 12.7. The summed E-state index contributed by atoms with van der Waals surface area (Å²) in [6.07, 6.45) is 3.72. The highest BCUT2D eigenvalue weighted by atomic mass is 32.2. The summed E-state index contributed by atoms with van der Waals surface area (Å²) in [5.74, 6) is -2.26. The Bertz CT molecular complexity index is 1250. The first-order valence-electron chi connectivity index (χ1n) is 7.89. The van der Waals surface area contributed by atoms with Crippen molar-refractivity contribution in [2.45, 2.75) is 17.7 Å². The van der Waals surface area contributed by atoms with E-state index in [9.17, 15) is 23.1 Å². The average molecular weight is 386 g/mol. The number of fused-ring (bicyclic) bond motifs is 2. The van der Waals surface area contributed by atoms with E-state index in [0.29, 0.717) is 28.0 Å². The zero-order chi connectivity index (χ0) is 19.5. The summed E-state index contributed by atoms with van der Waals surface area (Å²) in [6.45, 7) is 1.63. The molecular formula is C17H14N4O5S. The van der Waals surface area contributed by atoms with Gasteiger partial charge in [0, 0.05) is 18.1 Å². The third kappa shape index (κ3) is 2.56. The van der Waals surface area contributed by atoms with E-state index >= 15 is 0 Å². The maximum Gasteiger partial charge on any atom is 0.337 e. The number of nitrogens with zero attached hydrogens (tertiary/aromatic N) is 3. The van der Waals surface area contributed by atoms with Crippen molar-refractivity contribution in [2.75, 3.05) is 11.6 Å². The van der Waals surface area contributed by atoms with Crippen LogP contribution in [0.15, 0.2) is 35.6 Å². The van der Waals surface area contributed by atoms with Gasteiger partial charge in [-0.25, -0.2) is 22.7 Å². The van der Waals surface area contributed by atoms with Gasteiger partial charge in [0.1, 0.15) is 12.2 Å². The zero-order valence-electron chi connectivity index (χ0n) is 14.3. The number of aromatic carboxylic acids is 1. The number of rotatable bonds is 3. The lowest BCUT2D eigenvalue weighted by Gasteiger charge is -2.11. The predicted molar refractivity (Wildman–Crippen MR) is 94.7 cm³/mol. The van der Waals surface area contributed by atoms with Crippen molar-refractivity contribution >= 4 is 32.9 Å². The smallest absolute Gasteiger partial charge is 0.337 e. The van der Waals surface area contributed by atoms with Crippen LogP contribution in [0.25, 0.3) is 5.52 Å². The molecule has 0 spiro atoms. The van der Waals surface area contributed by atoms with Crippen LogP contribution in [0.3, 0.4) is 0 Å². The Kier molecular flexibility index (Phi) is 3.57. The van der Waals surface area contributed by atoms with Gasteiger partial charge in [-0.3, -0.25) is 4.79 Å². The lowest BCUT2D eigenvalue weighted by Crippen LogP contribution is -2.16. The number of amides is 1. The summed E-state index contributed by atoms with van der Waals surface area (Å²) >= 11 is 0. The Morgan fingerprint density at radius 1 is 1.33 bits per heavy atom. The third-order valence-corrected chi connectivity index (χ3v) is 5.75. The van der Waals surface area contributed by atoms with Crippen molar-refractivity contribution in [1.29, 1.82) is 0 Å². The normalized spacial score (nSPS) is 16.4. The molecule has 1 aliphatic rings. The summed E-state index contributed by atoms with van der Waals surface area (Å²) < 4.78 is 24.9. The van der Waals surface area contributed by atoms with Crippen LogP contribution in [0.5, 0.6) is 0 Å². The second kappa shape index (κ2) is 5.61. The van der Waals surface area contributed by atoms with Gasteiger partial charge in [0.2, 0.25) is 5.91 Å². The van der Waals surface area contributed by atoms with Crippen LogP contribution in [-0.4, -0.2) is 46.3 Å². The highest BCUT2D eigenvalue weighted by Crippen LogP contribution is 2.39. The second-order valence-corrected chi connectivity index (χ2v) is 8.37. The number of sulfone groups is 1. The molecule has 1 amide bonds. The van der Waals surface area contributed by atoms with E-state index in [0.717, 1.165) is 6.26 Å². The largest absolute Gasteiger partial charge is 0.478 e. The van der Waals surface area contributed by atoms with Gasteiger partial charge in [0.25, 0.3) is 0 Å². The number of benzene rings is 1. The molecule has 1 aromatic carbocycles. The number of carbonyl (C=O) groups excluding carboxylic acids is 1. The lowest BCUT2D eigenvalue weighted by molar-refractivity contribution is -0.116. The third-order valence-electron chi connectivity index (χ3n) is 4.64. The standard InChI is InChI=1S/C17H14N4O5S/c1-8-11(17(23)24)6-21-15(8)14(18-7-19-21)13-10-4-3-9(27(2,25)26)5-12(10)20-16(13)22/h3-7,13H,1-2H3,(H,20,22)(H,23,24). The number of anilines is 1. The molecule has 138 valence electrons. The molecule has 3 aromatic rings. The molecule has 0 aliphatic carbocycles. The molecule has 3 heterocycles. The number of nitrogens with one attached hydrogen (secondary N) is 1. The van der Waals surface area contributed by atoms with E-state index in [1.807, 2.05) is 0 Å². The molecule has 1 unspecified atom stereocenters. The fourth-order valence-electron chi connectivity index (χ4n) is 3.36. The molecule has 0 fully saturated rings. The molecular weight excluding hydrogens is 372 g/mol. The summed E-state index contributed by atoms with van der Waals surface area (Å²) in [6, 6.07) is 4.42. The number of carboxylic acids is 1. The SMILES string of the molecule is Cc1c(C(=O)O)cn2ncnc(C3C(=O)Nc4cc(S(C)(=O)=O)ccc43)c12. The molecule has 0 saturated heterocycles. The molecule has 2 N–H and O–H groups in total. The Morgan fingerprint density at radius 3 is 2.74 bits per heavy atom. The number of carboxylic acid groups (broad SMARTS) is 1. The van der Waals surface area contributed by atoms with Crippen LogP contribution in [0.4, 0.5) is 5.69 Å². The first kappa shape index (κ1) is 17.2. The summed E-state index contributed by atoms with van der Waals surface area (Å²) in [5, 5.41) is 16.1. The maximum atomic E-state index is 12.6. The number of aryl methyl sites for hydroxylation is 1. The van der Waals surface area contributed by atoms with Gasteiger partial charge in [-0.2, -0.15) is 5.10 Å². The fourth-order valence-corrected chi connectivity index (χ4v) is 4.01. The molecule has 27 heavy (non-hydrogen) atoms.